The molecule has 0 unspecified atom stereocenters. The van der Waals surface area contributed by atoms with Crippen molar-refractivity contribution in [3.05, 3.63) is 11.4 Å². The highest BCUT2D eigenvalue weighted by Crippen LogP contribution is 2.56. The highest BCUT2D eigenvalue weighted by Gasteiger charge is 2.24. The third-order valence-electron chi connectivity index (χ3n) is 2.16. The van der Waals surface area contributed by atoms with Crippen LogP contribution in [-0.4, -0.2) is 62.9 Å². The van der Waals surface area contributed by atoms with Crippen LogP contribution in [0.15, 0.2) is 16.5 Å². The van der Waals surface area contributed by atoms with Crippen LogP contribution in [0.5, 0.6) is 0 Å². The highest BCUT2D eigenvalue weighted by atomic mass is 32.4. The third-order valence-corrected chi connectivity index (χ3v) is 8.22. The minimum Gasteiger partial charge on any atom is -0.303 e. The Morgan fingerprint density at radius 2 is 1.50 bits per heavy atom. The summed E-state index contributed by atoms with van der Waals surface area (Å²) in [6, 6.07) is 0. The topological polar surface area (TPSA) is 22.1 Å². The molecular formula is C10H23N4PS. The Labute approximate surface area is 105 Å². The molecule has 0 aliphatic heterocycles. The fourth-order valence-corrected chi connectivity index (χ4v) is 3.78. The lowest BCUT2D eigenvalue weighted by Crippen LogP contribution is -2.21. The van der Waals surface area contributed by atoms with Gasteiger partial charge in [0.2, 0.25) is 0 Å². The zero-order valence-corrected chi connectivity index (χ0v) is 13.0. The Kier molecular flexibility index (Phi) is 6.41. The highest BCUT2D eigenvalue weighted by molar-refractivity contribution is 8.14. The number of hydrazone groups is 1. The molecule has 0 rings (SSSR count). The molecule has 6 heteroatoms. The maximum atomic E-state index is 5.77. The van der Waals surface area contributed by atoms with Gasteiger partial charge in [-0.3, -0.25) is 9.34 Å². The van der Waals surface area contributed by atoms with Gasteiger partial charge >= 0.3 is 0 Å². The molecule has 0 amide bonds. The van der Waals surface area contributed by atoms with Crippen molar-refractivity contribution < 1.29 is 0 Å². The molecule has 0 spiro atoms. The lowest BCUT2D eigenvalue weighted by Gasteiger charge is -2.35. The summed E-state index contributed by atoms with van der Waals surface area (Å²) in [5.74, 6) is 0. The van der Waals surface area contributed by atoms with E-state index in [1.54, 1.807) is 11.2 Å². The van der Waals surface area contributed by atoms with E-state index < -0.39 is 6.34 Å². The summed E-state index contributed by atoms with van der Waals surface area (Å²) in [6.45, 7) is 2.07. The smallest absolute Gasteiger partial charge is 0.101 e. The van der Waals surface area contributed by atoms with Gasteiger partial charge in [0.05, 0.1) is 0 Å². The van der Waals surface area contributed by atoms with Crippen LogP contribution in [-0.2, 0) is 11.8 Å². The van der Waals surface area contributed by atoms with Crippen molar-refractivity contribution in [3.63, 3.8) is 0 Å². The molecule has 16 heavy (non-hydrogen) atoms. The minimum absolute atomic E-state index is 1.18. The second kappa shape index (κ2) is 6.50. The molecule has 0 bridgehead atoms. The van der Waals surface area contributed by atoms with E-state index in [1.807, 2.05) is 48.4 Å². The zero-order valence-electron chi connectivity index (χ0n) is 11.3. The SMILES string of the molecule is C/C(=C/C=N/N(C)C)P(=S)(N(C)C)N(C)C. The van der Waals surface area contributed by atoms with Crippen molar-refractivity contribution in [2.75, 3.05) is 42.3 Å². The lowest BCUT2D eigenvalue weighted by atomic mass is 10.6. The summed E-state index contributed by atoms with van der Waals surface area (Å²) in [4.78, 5) is 0. The molecule has 94 valence electrons. The van der Waals surface area contributed by atoms with Crippen LogP contribution in [0.3, 0.4) is 0 Å². The van der Waals surface area contributed by atoms with Gasteiger partial charge in [0.15, 0.2) is 0 Å². The Morgan fingerprint density at radius 1 is 1.06 bits per heavy atom. The standard InChI is InChI=1S/C10H23N4PS/c1-10(8-9-11-12(2)3)15(16,13(4)5)14(6)7/h8-9H,1-7H3/b10-8-,11-9+. The van der Waals surface area contributed by atoms with Crippen molar-refractivity contribution in [2.45, 2.75) is 6.92 Å². The molecule has 0 aromatic rings. The van der Waals surface area contributed by atoms with E-state index in [9.17, 15) is 0 Å². The Balaban J connectivity index is 5.05. The fraction of sp³-hybridized carbons (Fsp3) is 0.700. The average Bonchev–Trinajstić information content (AvgIpc) is 2.14. The van der Waals surface area contributed by atoms with E-state index in [0.29, 0.717) is 0 Å². The first-order valence-electron chi connectivity index (χ1n) is 5.07. The van der Waals surface area contributed by atoms with Crippen LogP contribution in [0.25, 0.3) is 0 Å². The van der Waals surface area contributed by atoms with E-state index in [0.717, 1.165) is 0 Å². The van der Waals surface area contributed by atoms with Gasteiger partial charge in [0, 0.05) is 20.3 Å². The van der Waals surface area contributed by atoms with Crippen LogP contribution < -0.4 is 0 Å². The van der Waals surface area contributed by atoms with Crippen LogP contribution in [0.4, 0.5) is 0 Å². The van der Waals surface area contributed by atoms with E-state index in [4.69, 9.17) is 11.8 Å². The van der Waals surface area contributed by atoms with Gasteiger partial charge in [-0.05, 0) is 46.5 Å². The Hall–Kier alpha value is -0.220. The molecule has 0 saturated heterocycles. The molecule has 0 saturated carbocycles. The van der Waals surface area contributed by atoms with Crippen LogP contribution in [0.1, 0.15) is 6.92 Å². The van der Waals surface area contributed by atoms with Crippen molar-refractivity contribution in [3.8, 4) is 0 Å². The van der Waals surface area contributed by atoms with E-state index in [1.165, 1.54) is 5.31 Å². The van der Waals surface area contributed by atoms with Crippen LogP contribution >= 0.6 is 6.34 Å². The monoisotopic (exact) mass is 262 g/mol. The molecule has 0 radical (unpaired) electrons. The fourth-order valence-electron chi connectivity index (χ4n) is 1.36. The van der Waals surface area contributed by atoms with Crippen molar-refractivity contribution in [1.82, 2.24) is 14.3 Å². The van der Waals surface area contributed by atoms with E-state index >= 15 is 0 Å². The number of nitrogens with zero attached hydrogens (tertiary/aromatic N) is 4. The van der Waals surface area contributed by atoms with Gasteiger partial charge in [-0.1, -0.05) is 11.8 Å². The van der Waals surface area contributed by atoms with Gasteiger partial charge in [-0.15, -0.1) is 0 Å². The summed E-state index contributed by atoms with van der Waals surface area (Å²) >= 11 is 5.77. The number of rotatable bonds is 5. The molecule has 0 heterocycles. The first-order chi connectivity index (χ1) is 7.22. The number of hydrogen-bond acceptors (Lipinski definition) is 3. The van der Waals surface area contributed by atoms with Crippen molar-refractivity contribution in [2.24, 2.45) is 5.10 Å². The summed E-state index contributed by atoms with van der Waals surface area (Å²) in [5, 5.41) is 7.11. The van der Waals surface area contributed by atoms with Crippen molar-refractivity contribution >= 4 is 24.4 Å². The van der Waals surface area contributed by atoms with Gasteiger partial charge in [0.1, 0.15) is 6.34 Å². The zero-order chi connectivity index (χ0) is 12.9. The number of allylic oxidation sites excluding steroid dienone is 2. The largest absolute Gasteiger partial charge is 0.303 e. The first-order valence-corrected chi connectivity index (χ1v) is 7.78. The maximum Gasteiger partial charge on any atom is 0.101 e. The lowest BCUT2D eigenvalue weighted by molar-refractivity contribution is 0.440. The molecule has 0 aromatic carbocycles. The van der Waals surface area contributed by atoms with Crippen LogP contribution in [0.2, 0.25) is 0 Å². The molecular weight excluding hydrogens is 239 g/mol. The maximum absolute atomic E-state index is 5.77. The minimum atomic E-state index is -1.76. The summed E-state index contributed by atoms with van der Waals surface area (Å²) in [6.07, 6.45) is 2.03. The van der Waals surface area contributed by atoms with Gasteiger partial charge < -0.3 is 5.01 Å². The molecule has 0 fully saturated rings. The van der Waals surface area contributed by atoms with Gasteiger partial charge in [-0.25, -0.2) is 0 Å². The summed E-state index contributed by atoms with van der Waals surface area (Å²) < 4.78 is 4.25. The average molecular weight is 262 g/mol. The molecule has 0 aromatic heterocycles. The molecule has 0 atom stereocenters. The number of hydrogen-bond donors (Lipinski definition) is 0. The second-order valence-corrected chi connectivity index (χ2v) is 9.08. The molecule has 4 nitrogen and oxygen atoms in total. The van der Waals surface area contributed by atoms with E-state index in [2.05, 4.69) is 21.4 Å². The predicted octanol–water partition coefficient (Wildman–Crippen LogP) is 1.87. The van der Waals surface area contributed by atoms with Gasteiger partial charge in [-0.2, -0.15) is 5.10 Å². The molecule has 0 aliphatic rings. The molecule has 0 aliphatic carbocycles. The normalized spacial score (nSPS) is 14.2. The van der Waals surface area contributed by atoms with E-state index in [-0.39, 0.29) is 0 Å². The summed E-state index contributed by atoms with van der Waals surface area (Å²) in [7, 11) is 11.9. The molecule has 0 N–H and O–H groups in total. The summed E-state index contributed by atoms with van der Waals surface area (Å²) in [5.41, 5.74) is 0. The van der Waals surface area contributed by atoms with Crippen LogP contribution in [0, 0.1) is 0 Å². The Bertz CT molecular complexity index is 309. The van der Waals surface area contributed by atoms with Gasteiger partial charge in [0.25, 0.3) is 0 Å². The second-order valence-electron chi connectivity index (χ2n) is 4.16. The van der Waals surface area contributed by atoms with Crippen molar-refractivity contribution in [1.29, 1.82) is 0 Å². The Morgan fingerprint density at radius 3 is 1.81 bits per heavy atom. The first kappa shape index (κ1) is 15.8. The predicted molar refractivity (Wildman–Crippen MR) is 77.6 cm³/mol. The quantitative estimate of drug-likeness (QED) is 0.428. The third kappa shape index (κ3) is 3.98.